The first kappa shape index (κ1) is 15.9. The molecular weight excluding hydrogens is 290 g/mol. The van der Waals surface area contributed by atoms with Crippen LogP contribution in [0.25, 0.3) is 0 Å². The van der Waals surface area contributed by atoms with Crippen molar-refractivity contribution in [2.45, 2.75) is 13.3 Å². The molecule has 19 heavy (non-hydrogen) atoms. The molecule has 0 unspecified atom stereocenters. The predicted molar refractivity (Wildman–Crippen MR) is 77.2 cm³/mol. The molecule has 0 aliphatic carbocycles. The molecule has 0 radical (unpaired) electrons. The topological polar surface area (TPSA) is 96.0 Å². The summed E-state index contributed by atoms with van der Waals surface area (Å²) in [6, 6.07) is 0. The highest BCUT2D eigenvalue weighted by molar-refractivity contribution is 7.89. The van der Waals surface area contributed by atoms with E-state index in [1.54, 1.807) is 14.0 Å². The van der Waals surface area contributed by atoms with Gasteiger partial charge in [0.25, 0.3) is 0 Å². The Hall–Kier alpha value is -1.12. The fourth-order valence-electron chi connectivity index (χ4n) is 1.34. The molecular formula is C10H18ClN5O2S. The monoisotopic (exact) mass is 307 g/mol. The molecule has 0 fully saturated rings. The Labute approximate surface area is 118 Å². The summed E-state index contributed by atoms with van der Waals surface area (Å²) in [5.74, 6) is 0.687. The Morgan fingerprint density at radius 2 is 2.05 bits per heavy atom. The van der Waals surface area contributed by atoms with Gasteiger partial charge in [0, 0.05) is 20.1 Å². The highest BCUT2D eigenvalue weighted by atomic mass is 35.5. The summed E-state index contributed by atoms with van der Waals surface area (Å²) >= 11 is 5.90. The number of halogens is 1. The second kappa shape index (κ2) is 7.46. The fourth-order valence-corrected chi connectivity index (χ4v) is 2.23. The number of nitrogens with zero attached hydrogens (tertiary/aromatic N) is 2. The van der Waals surface area contributed by atoms with Crippen molar-refractivity contribution in [2.24, 2.45) is 0 Å². The molecule has 0 bridgehead atoms. The van der Waals surface area contributed by atoms with E-state index in [1.165, 1.54) is 6.33 Å². The average Bonchev–Trinajstić information content (AvgIpc) is 2.38. The highest BCUT2D eigenvalue weighted by Gasteiger charge is 2.08. The van der Waals surface area contributed by atoms with Gasteiger partial charge in [-0.1, -0.05) is 11.6 Å². The molecule has 0 atom stereocenters. The van der Waals surface area contributed by atoms with Crippen LogP contribution < -0.4 is 15.4 Å². The molecule has 1 aromatic heterocycles. The normalized spacial score (nSPS) is 11.3. The van der Waals surface area contributed by atoms with Crippen LogP contribution in [0.5, 0.6) is 0 Å². The Balaban J connectivity index is 2.40. The van der Waals surface area contributed by atoms with Crippen molar-refractivity contribution in [1.82, 2.24) is 14.7 Å². The molecule has 1 heterocycles. The molecule has 0 saturated heterocycles. The third-order valence-electron chi connectivity index (χ3n) is 2.40. The van der Waals surface area contributed by atoms with E-state index in [0.717, 1.165) is 0 Å². The molecule has 0 saturated carbocycles. The highest BCUT2D eigenvalue weighted by Crippen LogP contribution is 2.24. The smallest absolute Gasteiger partial charge is 0.211 e. The van der Waals surface area contributed by atoms with E-state index >= 15 is 0 Å². The van der Waals surface area contributed by atoms with E-state index < -0.39 is 10.0 Å². The van der Waals surface area contributed by atoms with Gasteiger partial charge in [0.05, 0.1) is 5.75 Å². The molecule has 108 valence electrons. The van der Waals surface area contributed by atoms with Gasteiger partial charge in [0.1, 0.15) is 12.0 Å². The molecule has 0 amide bonds. The number of anilines is 2. The van der Waals surface area contributed by atoms with Crippen LogP contribution in [0.3, 0.4) is 0 Å². The minimum Gasteiger partial charge on any atom is -0.383 e. The van der Waals surface area contributed by atoms with Crippen molar-refractivity contribution in [2.75, 3.05) is 36.5 Å². The number of hydrogen-bond acceptors (Lipinski definition) is 6. The van der Waals surface area contributed by atoms with Gasteiger partial charge in [-0.25, -0.2) is 23.1 Å². The van der Waals surface area contributed by atoms with Crippen molar-refractivity contribution in [3.63, 3.8) is 0 Å². The molecule has 0 aromatic carbocycles. The summed E-state index contributed by atoms with van der Waals surface area (Å²) in [5, 5.41) is 6.32. The van der Waals surface area contributed by atoms with Crippen LogP contribution in [0, 0.1) is 0 Å². The lowest BCUT2D eigenvalue weighted by Crippen LogP contribution is -2.27. The summed E-state index contributed by atoms with van der Waals surface area (Å²) in [5.41, 5.74) is 0.623. The summed E-state index contributed by atoms with van der Waals surface area (Å²) in [7, 11) is -1.39. The number of hydrogen-bond donors (Lipinski definition) is 3. The second-order valence-electron chi connectivity index (χ2n) is 3.72. The zero-order valence-electron chi connectivity index (χ0n) is 10.9. The van der Waals surface area contributed by atoms with E-state index in [4.69, 9.17) is 11.6 Å². The van der Waals surface area contributed by atoms with Crippen LogP contribution in [0.15, 0.2) is 6.33 Å². The number of aromatic nitrogens is 2. The summed E-state index contributed by atoms with van der Waals surface area (Å²) < 4.78 is 24.9. The molecule has 7 nitrogen and oxygen atoms in total. The van der Waals surface area contributed by atoms with Crippen molar-refractivity contribution < 1.29 is 8.42 Å². The summed E-state index contributed by atoms with van der Waals surface area (Å²) in [4.78, 5) is 7.92. The van der Waals surface area contributed by atoms with Crippen LogP contribution in [0.4, 0.5) is 11.5 Å². The molecule has 3 N–H and O–H groups in total. The van der Waals surface area contributed by atoms with E-state index in [1.807, 2.05) is 0 Å². The first-order valence-electron chi connectivity index (χ1n) is 5.89. The Morgan fingerprint density at radius 3 is 2.68 bits per heavy atom. The number of rotatable bonds is 8. The summed E-state index contributed by atoms with van der Waals surface area (Å²) in [6.07, 6.45) is 2.01. The molecule has 1 aromatic rings. The lowest BCUT2D eigenvalue weighted by molar-refractivity contribution is 0.581. The molecule has 0 aliphatic heterocycles. The quantitative estimate of drug-likeness (QED) is 0.488. The lowest BCUT2D eigenvalue weighted by Gasteiger charge is -2.11. The van der Waals surface area contributed by atoms with Gasteiger partial charge in [-0.05, 0) is 13.3 Å². The van der Waals surface area contributed by atoms with Crippen molar-refractivity contribution in [1.29, 1.82) is 0 Å². The zero-order chi connectivity index (χ0) is 14.3. The minimum absolute atomic E-state index is 0.0891. The maximum absolute atomic E-state index is 11.2. The van der Waals surface area contributed by atoms with Gasteiger partial charge in [0.15, 0.2) is 11.0 Å². The third-order valence-corrected chi connectivity index (χ3v) is 4.09. The maximum atomic E-state index is 11.2. The van der Waals surface area contributed by atoms with Gasteiger partial charge < -0.3 is 10.6 Å². The molecule has 1 rings (SSSR count). The third kappa shape index (κ3) is 5.17. The predicted octanol–water partition coefficient (Wildman–Crippen LogP) is 0.913. The van der Waals surface area contributed by atoms with E-state index in [0.29, 0.717) is 36.2 Å². The summed E-state index contributed by atoms with van der Waals surface area (Å²) in [6.45, 7) is 2.56. The van der Waals surface area contributed by atoms with E-state index in [9.17, 15) is 8.42 Å². The van der Waals surface area contributed by atoms with Crippen LogP contribution in [0.2, 0.25) is 5.15 Å². The molecule has 0 spiro atoms. The minimum atomic E-state index is -3.12. The molecule has 0 aliphatic rings. The second-order valence-corrected chi connectivity index (χ2v) is 6.17. The first-order chi connectivity index (χ1) is 9.00. The van der Waals surface area contributed by atoms with Gasteiger partial charge in [0.2, 0.25) is 10.0 Å². The fraction of sp³-hybridized carbons (Fsp3) is 0.600. The van der Waals surface area contributed by atoms with Gasteiger partial charge >= 0.3 is 0 Å². The van der Waals surface area contributed by atoms with Crippen LogP contribution >= 0.6 is 11.6 Å². The number of sulfonamides is 1. The average molecular weight is 308 g/mol. The number of nitrogens with one attached hydrogen (secondary N) is 3. The largest absolute Gasteiger partial charge is 0.383 e. The van der Waals surface area contributed by atoms with Crippen molar-refractivity contribution >= 4 is 33.1 Å². The Morgan fingerprint density at radius 1 is 1.32 bits per heavy atom. The van der Waals surface area contributed by atoms with Gasteiger partial charge in [-0.3, -0.25) is 0 Å². The van der Waals surface area contributed by atoms with Crippen LogP contribution in [-0.2, 0) is 10.0 Å². The molecule has 9 heteroatoms. The Bertz CT molecular complexity index is 509. The maximum Gasteiger partial charge on any atom is 0.211 e. The van der Waals surface area contributed by atoms with Crippen LogP contribution in [-0.4, -0.2) is 44.3 Å². The first-order valence-corrected chi connectivity index (χ1v) is 7.92. The van der Waals surface area contributed by atoms with Crippen molar-refractivity contribution in [3.05, 3.63) is 11.5 Å². The van der Waals surface area contributed by atoms with Gasteiger partial charge in [-0.15, -0.1) is 0 Å². The SMILES string of the molecule is CCS(=O)(=O)NCCCNc1ncnc(Cl)c1NC. The van der Waals surface area contributed by atoms with E-state index in [-0.39, 0.29) is 5.75 Å². The van der Waals surface area contributed by atoms with Crippen LogP contribution in [0.1, 0.15) is 13.3 Å². The Kier molecular flexibility index (Phi) is 6.26. The van der Waals surface area contributed by atoms with Crippen molar-refractivity contribution in [3.8, 4) is 0 Å². The zero-order valence-corrected chi connectivity index (χ0v) is 12.5. The lowest BCUT2D eigenvalue weighted by atomic mass is 10.4. The van der Waals surface area contributed by atoms with Gasteiger partial charge in [-0.2, -0.15) is 0 Å². The van der Waals surface area contributed by atoms with E-state index in [2.05, 4.69) is 25.3 Å². The standard InChI is InChI=1S/C10H18ClN5O2S/c1-3-19(17,18)16-6-4-5-13-10-8(12-2)9(11)14-7-15-10/h7,12,16H,3-6H2,1-2H3,(H,13,14,15).